The lowest BCUT2D eigenvalue weighted by Gasteiger charge is -2.09. The summed E-state index contributed by atoms with van der Waals surface area (Å²) in [5.74, 6) is -0.785. The number of carbonyl (C=O) groups excluding carboxylic acids is 3. The summed E-state index contributed by atoms with van der Waals surface area (Å²) in [5.41, 5.74) is 3.03. The molecule has 3 rings (SSSR count). The van der Waals surface area contributed by atoms with Gasteiger partial charge in [-0.05, 0) is 43.7 Å². The van der Waals surface area contributed by atoms with Crippen LogP contribution in [0.3, 0.4) is 0 Å². The molecule has 2 aromatic heterocycles. The number of nitrogens with zero attached hydrogens (tertiary/aromatic N) is 2. The van der Waals surface area contributed by atoms with Gasteiger partial charge in [0.2, 0.25) is 5.76 Å². The van der Waals surface area contributed by atoms with Crippen LogP contribution in [-0.2, 0) is 27.4 Å². The van der Waals surface area contributed by atoms with Gasteiger partial charge < -0.3 is 23.8 Å². The van der Waals surface area contributed by atoms with E-state index in [1.165, 1.54) is 19.2 Å². The molecule has 0 unspecified atom stereocenters. The first-order valence-corrected chi connectivity index (χ1v) is 9.03. The lowest BCUT2D eigenvalue weighted by Crippen LogP contribution is -2.30. The van der Waals surface area contributed by atoms with Gasteiger partial charge in [-0.2, -0.15) is 0 Å². The minimum absolute atomic E-state index is 0.00817. The Morgan fingerprint density at radius 2 is 2.00 bits per heavy atom. The third-order valence-electron chi connectivity index (χ3n) is 4.76. The maximum absolute atomic E-state index is 12.7. The monoisotopic (exact) mass is 401 g/mol. The zero-order valence-corrected chi connectivity index (χ0v) is 16.8. The number of imide groups is 1. The molecule has 0 aliphatic carbocycles. The second-order valence-electron chi connectivity index (χ2n) is 6.61. The summed E-state index contributed by atoms with van der Waals surface area (Å²) < 4.78 is 17.1. The Hall–Kier alpha value is -3.33. The van der Waals surface area contributed by atoms with E-state index < -0.39 is 17.9 Å². The van der Waals surface area contributed by atoms with Gasteiger partial charge in [0, 0.05) is 25.0 Å². The first-order chi connectivity index (χ1) is 13.8. The van der Waals surface area contributed by atoms with Gasteiger partial charge in [-0.15, -0.1) is 0 Å². The van der Waals surface area contributed by atoms with E-state index in [4.69, 9.17) is 9.15 Å². The number of hydrogen-bond donors (Lipinski definition) is 1. The largest absolute Gasteiger partial charge is 0.463 e. The predicted octanol–water partition coefficient (Wildman–Crippen LogP) is 2.22. The number of rotatable bonds is 7. The quantitative estimate of drug-likeness (QED) is 0.434. The molecule has 9 heteroatoms. The number of nitrogens with one attached hydrogen (secondary N) is 1. The van der Waals surface area contributed by atoms with Crippen molar-refractivity contribution in [1.82, 2.24) is 14.8 Å². The first-order valence-electron chi connectivity index (χ1n) is 9.03. The Morgan fingerprint density at radius 3 is 2.69 bits per heavy atom. The van der Waals surface area contributed by atoms with E-state index in [0.717, 1.165) is 21.9 Å². The Morgan fingerprint density at radius 1 is 1.24 bits per heavy atom. The number of hydrogen-bond acceptors (Lipinski definition) is 6. The molecule has 0 aromatic carbocycles. The number of carbonyl (C=O) groups is 3. The highest BCUT2D eigenvalue weighted by Crippen LogP contribution is 2.22. The summed E-state index contributed by atoms with van der Waals surface area (Å²) in [6.07, 6.45) is 1.66. The van der Waals surface area contributed by atoms with Gasteiger partial charge >= 0.3 is 12.0 Å². The topological polar surface area (TPSA) is 103 Å². The molecule has 3 amide bonds. The molecule has 154 valence electrons. The van der Waals surface area contributed by atoms with Gasteiger partial charge in [0.05, 0.1) is 20.3 Å². The van der Waals surface area contributed by atoms with Gasteiger partial charge in [-0.25, -0.2) is 9.59 Å². The van der Waals surface area contributed by atoms with Crippen LogP contribution in [0.4, 0.5) is 4.79 Å². The van der Waals surface area contributed by atoms with E-state index >= 15 is 0 Å². The fraction of sp³-hybridized carbons (Fsp3) is 0.350. The summed E-state index contributed by atoms with van der Waals surface area (Å²) in [6.45, 7) is 5.11. The van der Waals surface area contributed by atoms with Crippen LogP contribution in [-0.4, -0.2) is 48.2 Å². The maximum atomic E-state index is 12.7. The van der Waals surface area contributed by atoms with Gasteiger partial charge in [0.1, 0.15) is 11.5 Å². The number of methoxy groups -OCH3 is 2. The van der Waals surface area contributed by atoms with Crippen molar-refractivity contribution in [2.24, 2.45) is 0 Å². The van der Waals surface area contributed by atoms with Crippen LogP contribution >= 0.6 is 0 Å². The van der Waals surface area contributed by atoms with Crippen molar-refractivity contribution >= 4 is 24.0 Å². The second kappa shape index (κ2) is 8.36. The molecule has 9 nitrogen and oxygen atoms in total. The predicted molar refractivity (Wildman–Crippen MR) is 103 cm³/mol. The van der Waals surface area contributed by atoms with E-state index in [9.17, 15) is 14.4 Å². The highest BCUT2D eigenvalue weighted by atomic mass is 16.5. The van der Waals surface area contributed by atoms with Gasteiger partial charge in [0.15, 0.2) is 0 Å². The molecule has 1 aliphatic rings. The molecule has 0 spiro atoms. The van der Waals surface area contributed by atoms with Crippen LogP contribution in [0.5, 0.6) is 0 Å². The Balaban J connectivity index is 1.78. The summed E-state index contributed by atoms with van der Waals surface area (Å²) >= 11 is 0. The summed E-state index contributed by atoms with van der Waals surface area (Å²) in [7, 11) is 2.89. The lowest BCUT2D eigenvalue weighted by molar-refractivity contribution is -0.123. The fourth-order valence-electron chi connectivity index (χ4n) is 3.20. The molecule has 1 N–H and O–H groups in total. The third-order valence-corrected chi connectivity index (χ3v) is 4.76. The van der Waals surface area contributed by atoms with Crippen molar-refractivity contribution in [2.45, 2.75) is 26.9 Å². The smallest absolute Gasteiger partial charge is 0.373 e. The lowest BCUT2D eigenvalue weighted by atomic mass is 10.2. The second-order valence-corrected chi connectivity index (χ2v) is 6.61. The summed E-state index contributed by atoms with van der Waals surface area (Å²) in [5, 5.41) is 2.59. The molecule has 29 heavy (non-hydrogen) atoms. The number of aromatic nitrogens is 1. The average Bonchev–Trinajstić information content (AvgIpc) is 3.34. The number of esters is 1. The zero-order valence-electron chi connectivity index (χ0n) is 16.8. The van der Waals surface area contributed by atoms with Gasteiger partial charge in [0.25, 0.3) is 5.91 Å². The molecule has 0 bridgehead atoms. The Kier molecular flexibility index (Phi) is 5.88. The van der Waals surface area contributed by atoms with Crippen LogP contribution in [0.1, 0.15) is 33.3 Å². The number of furan rings is 1. The molecular formula is C20H23N3O6. The number of aryl methyl sites for hydroxylation is 1. The van der Waals surface area contributed by atoms with Gasteiger partial charge in [-0.1, -0.05) is 0 Å². The van der Waals surface area contributed by atoms with Crippen molar-refractivity contribution in [2.75, 3.05) is 20.8 Å². The van der Waals surface area contributed by atoms with Gasteiger partial charge in [-0.3, -0.25) is 9.69 Å². The first kappa shape index (κ1) is 20.4. The standard InChI is InChI=1S/C20H23N3O6/c1-12-9-14(13(2)22(12)7-8-27-3)10-16-18(24)23(20(26)21-16)11-15-5-6-17(29-15)19(25)28-4/h5-6,9-10H,7-8,11H2,1-4H3,(H,21,26). The van der Waals surface area contributed by atoms with Crippen molar-refractivity contribution in [3.8, 4) is 0 Å². The maximum Gasteiger partial charge on any atom is 0.373 e. The number of urea groups is 1. The molecule has 3 heterocycles. The molecule has 0 saturated carbocycles. The number of amides is 3. The summed E-state index contributed by atoms with van der Waals surface area (Å²) in [4.78, 5) is 37.5. The van der Waals surface area contributed by atoms with Crippen molar-refractivity contribution < 1.29 is 28.3 Å². The van der Waals surface area contributed by atoms with E-state index in [0.29, 0.717) is 18.9 Å². The number of ether oxygens (including phenoxy) is 2. The molecule has 1 aliphatic heterocycles. The van der Waals surface area contributed by atoms with E-state index in [1.807, 2.05) is 19.9 Å². The normalized spacial score (nSPS) is 15.3. The fourth-order valence-corrected chi connectivity index (χ4v) is 3.20. The average molecular weight is 401 g/mol. The molecule has 1 fully saturated rings. The third kappa shape index (κ3) is 4.09. The highest BCUT2D eigenvalue weighted by Gasteiger charge is 2.34. The van der Waals surface area contributed by atoms with Crippen LogP contribution in [0.25, 0.3) is 6.08 Å². The van der Waals surface area contributed by atoms with Crippen LogP contribution < -0.4 is 5.32 Å². The molecule has 2 aromatic rings. The van der Waals surface area contributed by atoms with E-state index in [2.05, 4.69) is 14.6 Å². The minimum atomic E-state index is -0.627. The van der Waals surface area contributed by atoms with E-state index in [1.54, 1.807) is 13.2 Å². The highest BCUT2D eigenvalue weighted by molar-refractivity contribution is 6.13. The summed E-state index contributed by atoms with van der Waals surface area (Å²) in [6, 6.07) is 4.36. The Bertz CT molecular complexity index is 985. The Labute approximate surface area is 167 Å². The van der Waals surface area contributed by atoms with Crippen molar-refractivity contribution in [3.05, 3.63) is 52.4 Å². The molecule has 0 radical (unpaired) electrons. The molecular weight excluding hydrogens is 378 g/mol. The molecule has 1 saturated heterocycles. The van der Waals surface area contributed by atoms with Crippen molar-refractivity contribution in [3.63, 3.8) is 0 Å². The van der Waals surface area contributed by atoms with E-state index in [-0.39, 0.29) is 18.0 Å². The van der Waals surface area contributed by atoms with Crippen LogP contribution in [0.15, 0.2) is 28.3 Å². The van der Waals surface area contributed by atoms with Crippen LogP contribution in [0.2, 0.25) is 0 Å². The zero-order chi connectivity index (χ0) is 21.1. The van der Waals surface area contributed by atoms with Crippen molar-refractivity contribution in [1.29, 1.82) is 0 Å². The van der Waals surface area contributed by atoms with Crippen LogP contribution in [0, 0.1) is 13.8 Å². The SMILES string of the molecule is COCCn1c(C)cc(C=C2NC(=O)N(Cc3ccc(C(=O)OC)o3)C2=O)c1C. The molecule has 0 atom stereocenters. The minimum Gasteiger partial charge on any atom is -0.463 e.